The molecule has 1 saturated heterocycles. The van der Waals surface area contributed by atoms with E-state index in [9.17, 15) is 4.79 Å². The van der Waals surface area contributed by atoms with Gasteiger partial charge in [-0.3, -0.25) is 9.69 Å². The van der Waals surface area contributed by atoms with Crippen molar-refractivity contribution in [2.75, 3.05) is 19.7 Å². The third-order valence-corrected chi connectivity index (χ3v) is 2.86. The molecule has 2 unspecified atom stereocenters. The normalized spacial score (nSPS) is 24.9. The molecule has 0 saturated carbocycles. The molecular formula is C10H20N2O2. The van der Waals surface area contributed by atoms with Crippen LogP contribution < -0.4 is 5.32 Å². The van der Waals surface area contributed by atoms with Gasteiger partial charge in [0.25, 0.3) is 0 Å². The topological polar surface area (TPSA) is 52.6 Å². The molecule has 1 rings (SSSR count). The fourth-order valence-corrected chi connectivity index (χ4v) is 2.04. The summed E-state index contributed by atoms with van der Waals surface area (Å²) < 4.78 is 0. The first-order chi connectivity index (χ1) is 6.70. The Bertz CT molecular complexity index is 197. The van der Waals surface area contributed by atoms with Crippen LogP contribution in [0.1, 0.15) is 26.7 Å². The lowest BCUT2D eigenvalue weighted by Gasteiger charge is -2.28. The second-order valence-electron chi connectivity index (χ2n) is 3.79. The third kappa shape index (κ3) is 2.45. The Morgan fingerprint density at radius 3 is 3.00 bits per heavy atom. The summed E-state index contributed by atoms with van der Waals surface area (Å²) in [6, 6.07) is 0.0576. The average molecular weight is 200 g/mol. The molecule has 2 N–H and O–H groups in total. The monoisotopic (exact) mass is 200 g/mol. The maximum absolute atomic E-state index is 11.6. The second kappa shape index (κ2) is 5.32. The van der Waals surface area contributed by atoms with E-state index in [1.54, 1.807) is 0 Å². The highest BCUT2D eigenvalue weighted by Gasteiger charge is 2.30. The minimum Gasteiger partial charge on any atom is -0.395 e. The van der Waals surface area contributed by atoms with Crippen LogP contribution in [0.5, 0.6) is 0 Å². The van der Waals surface area contributed by atoms with Crippen molar-refractivity contribution in [2.45, 2.75) is 38.8 Å². The zero-order valence-electron chi connectivity index (χ0n) is 8.99. The van der Waals surface area contributed by atoms with Gasteiger partial charge in [-0.1, -0.05) is 0 Å². The van der Waals surface area contributed by atoms with Crippen LogP contribution in [-0.4, -0.2) is 47.7 Å². The molecule has 4 nitrogen and oxygen atoms in total. The highest BCUT2D eigenvalue weighted by atomic mass is 16.3. The summed E-state index contributed by atoms with van der Waals surface area (Å²) in [5, 5.41) is 11.9. The SMILES string of the molecule is CCNC(=O)C(C)N1CCCC1CO. The van der Waals surface area contributed by atoms with E-state index < -0.39 is 0 Å². The van der Waals surface area contributed by atoms with Gasteiger partial charge in [-0.25, -0.2) is 0 Å². The molecule has 1 aliphatic heterocycles. The molecule has 4 heteroatoms. The Hall–Kier alpha value is -0.610. The van der Waals surface area contributed by atoms with Crippen molar-refractivity contribution < 1.29 is 9.90 Å². The summed E-state index contributed by atoms with van der Waals surface area (Å²) in [4.78, 5) is 13.6. The number of carbonyl (C=O) groups excluding carboxylic acids is 1. The Kier molecular flexibility index (Phi) is 4.35. The molecule has 1 fully saturated rings. The van der Waals surface area contributed by atoms with Gasteiger partial charge in [-0.05, 0) is 33.2 Å². The van der Waals surface area contributed by atoms with Crippen molar-refractivity contribution in [3.8, 4) is 0 Å². The number of carbonyl (C=O) groups is 1. The molecule has 82 valence electrons. The molecule has 2 atom stereocenters. The molecular weight excluding hydrogens is 180 g/mol. The van der Waals surface area contributed by atoms with Crippen molar-refractivity contribution >= 4 is 5.91 Å². The summed E-state index contributed by atoms with van der Waals surface area (Å²) >= 11 is 0. The number of likely N-dealkylation sites (N-methyl/N-ethyl adjacent to an activating group) is 1. The smallest absolute Gasteiger partial charge is 0.237 e. The zero-order chi connectivity index (χ0) is 10.6. The lowest BCUT2D eigenvalue weighted by molar-refractivity contribution is -0.126. The summed E-state index contributed by atoms with van der Waals surface area (Å²) in [6.07, 6.45) is 2.08. The van der Waals surface area contributed by atoms with Crippen molar-refractivity contribution in [3.05, 3.63) is 0 Å². The largest absolute Gasteiger partial charge is 0.395 e. The minimum atomic E-state index is -0.116. The summed E-state index contributed by atoms with van der Waals surface area (Å²) in [7, 11) is 0. The maximum atomic E-state index is 11.6. The van der Waals surface area contributed by atoms with Gasteiger partial charge in [0.2, 0.25) is 5.91 Å². The van der Waals surface area contributed by atoms with Crippen LogP contribution >= 0.6 is 0 Å². The quantitative estimate of drug-likeness (QED) is 0.670. The average Bonchev–Trinajstić information content (AvgIpc) is 2.64. The first kappa shape index (κ1) is 11.5. The van der Waals surface area contributed by atoms with Crippen LogP contribution in [-0.2, 0) is 4.79 Å². The van der Waals surface area contributed by atoms with Crippen LogP contribution in [0.3, 0.4) is 0 Å². The van der Waals surface area contributed by atoms with Crippen molar-refractivity contribution in [2.24, 2.45) is 0 Å². The molecule has 0 bridgehead atoms. The Labute approximate surface area is 85.3 Å². The first-order valence-corrected chi connectivity index (χ1v) is 5.35. The lowest BCUT2D eigenvalue weighted by atomic mass is 10.2. The molecule has 0 aromatic rings. The number of aliphatic hydroxyl groups is 1. The molecule has 0 aromatic heterocycles. The van der Waals surface area contributed by atoms with Crippen LogP contribution in [0.4, 0.5) is 0 Å². The van der Waals surface area contributed by atoms with E-state index in [1.807, 2.05) is 13.8 Å². The molecule has 1 aliphatic rings. The van der Waals surface area contributed by atoms with Gasteiger partial charge in [0, 0.05) is 12.6 Å². The van der Waals surface area contributed by atoms with E-state index in [0.717, 1.165) is 19.4 Å². The van der Waals surface area contributed by atoms with E-state index in [0.29, 0.717) is 6.54 Å². The Morgan fingerprint density at radius 2 is 2.43 bits per heavy atom. The second-order valence-corrected chi connectivity index (χ2v) is 3.79. The van der Waals surface area contributed by atoms with Crippen LogP contribution in [0.15, 0.2) is 0 Å². The van der Waals surface area contributed by atoms with Crippen molar-refractivity contribution in [1.29, 1.82) is 0 Å². The van der Waals surface area contributed by atoms with E-state index in [4.69, 9.17) is 5.11 Å². The fourth-order valence-electron chi connectivity index (χ4n) is 2.04. The zero-order valence-corrected chi connectivity index (χ0v) is 8.99. The summed E-state index contributed by atoms with van der Waals surface area (Å²) in [5.41, 5.74) is 0. The molecule has 0 aromatic carbocycles. The van der Waals surface area contributed by atoms with Crippen LogP contribution in [0, 0.1) is 0 Å². The van der Waals surface area contributed by atoms with E-state index in [2.05, 4.69) is 10.2 Å². The van der Waals surface area contributed by atoms with Gasteiger partial charge in [-0.15, -0.1) is 0 Å². The number of nitrogens with zero attached hydrogens (tertiary/aromatic N) is 1. The molecule has 1 amide bonds. The number of nitrogens with one attached hydrogen (secondary N) is 1. The summed E-state index contributed by atoms with van der Waals surface area (Å²) in [5.74, 6) is 0.0628. The van der Waals surface area contributed by atoms with E-state index >= 15 is 0 Å². The minimum absolute atomic E-state index is 0.0628. The van der Waals surface area contributed by atoms with Gasteiger partial charge in [0.1, 0.15) is 0 Å². The molecule has 1 heterocycles. The van der Waals surface area contributed by atoms with Crippen LogP contribution in [0.2, 0.25) is 0 Å². The molecule has 0 radical (unpaired) electrons. The Balaban J connectivity index is 2.50. The Morgan fingerprint density at radius 1 is 1.71 bits per heavy atom. The number of hydrogen-bond donors (Lipinski definition) is 2. The van der Waals surface area contributed by atoms with Gasteiger partial charge in [0.15, 0.2) is 0 Å². The lowest BCUT2D eigenvalue weighted by Crippen LogP contribution is -2.48. The van der Waals surface area contributed by atoms with Gasteiger partial charge in [-0.2, -0.15) is 0 Å². The molecule has 0 spiro atoms. The van der Waals surface area contributed by atoms with Gasteiger partial charge < -0.3 is 10.4 Å². The molecule has 14 heavy (non-hydrogen) atoms. The molecule has 0 aliphatic carbocycles. The number of rotatable bonds is 4. The number of amides is 1. The predicted molar refractivity (Wildman–Crippen MR) is 55.0 cm³/mol. The van der Waals surface area contributed by atoms with Crippen molar-refractivity contribution in [3.63, 3.8) is 0 Å². The fraction of sp³-hybridized carbons (Fsp3) is 0.900. The van der Waals surface area contributed by atoms with E-state index in [1.165, 1.54) is 0 Å². The van der Waals surface area contributed by atoms with Gasteiger partial charge >= 0.3 is 0 Å². The predicted octanol–water partition coefficient (Wildman–Crippen LogP) is -0.0323. The van der Waals surface area contributed by atoms with Crippen molar-refractivity contribution in [1.82, 2.24) is 10.2 Å². The number of aliphatic hydroxyl groups excluding tert-OH is 1. The standard InChI is InChI=1S/C10H20N2O2/c1-3-11-10(14)8(2)12-6-4-5-9(12)7-13/h8-9,13H,3-7H2,1-2H3,(H,11,14). The van der Waals surface area contributed by atoms with E-state index in [-0.39, 0.29) is 24.6 Å². The number of hydrogen-bond acceptors (Lipinski definition) is 3. The maximum Gasteiger partial charge on any atom is 0.237 e. The summed E-state index contributed by atoms with van der Waals surface area (Å²) in [6.45, 7) is 5.56. The highest BCUT2D eigenvalue weighted by Crippen LogP contribution is 2.19. The first-order valence-electron chi connectivity index (χ1n) is 5.35. The van der Waals surface area contributed by atoms with Crippen LogP contribution in [0.25, 0.3) is 0 Å². The third-order valence-electron chi connectivity index (χ3n) is 2.86. The number of likely N-dealkylation sites (tertiary alicyclic amines) is 1. The highest BCUT2D eigenvalue weighted by molar-refractivity contribution is 5.81. The van der Waals surface area contributed by atoms with Gasteiger partial charge in [0.05, 0.1) is 12.6 Å².